The van der Waals surface area contributed by atoms with Gasteiger partial charge in [0.15, 0.2) is 11.5 Å². The van der Waals surface area contributed by atoms with Crippen LogP contribution in [-0.4, -0.2) is 25.2 Å². The number of esters is 1. The Bertz CT molecular complexity index is 976. The number of rotatable bonds is 6. The minimum absolute atomic E-state index is 0.0461. The number of ether oxygens (including phenoxy) is 3. The molecule has 0 saturated carbocycles. The fourth-order valence-corrected chi connectivity index (χ4v) is 3.81. The highest BCUT2D eigenvalue weighted by Gasteiger charge is 2.16. The van der Waals surface area contributed by atoms with Crippen LogP contribution in [0, 0.1) is 0 Å². The van der Waals surface area contributed by atoms with Crippen LogP contribution in [0.1, 0.15) is 16.1 Å². The predicted molar refractivity (Wildman–Crippen MR) is 109 cm³/mol. The van der Waals surface area contributed by atoms with E-state index >= 15 is 0 Å². The molecular weight excluding hydrogens is 454 g/mol. The van der Waals surface area contributed by atoms with Crippen LogP contribution in [0.2, 0.25) is 5.02 Å². The average Bonchev–Trinajstić information content (AvgIpc) is 3.16. The molecule has 0 unspecified atom stereocenters. The van der Waals surface area contributed by atoms with Gasteiger partial charge in [-0.25, -0.2) is 9.78 Å². The molecule has 5 nitrogen and oxygen atoms in total. The molecule has 0 saturated heterocycles. The van der Waals surface area contributed by atoms with Gasteiger partial charge in [0.2, 0.25) is 0 Å². The van der Waals surface area contributed by atoms with Crippen molar-refractivity contribution >= 4 is 44.8 Å². The second-order valence-electron chi connectivity index (χ2n) is 5.39. The Labute approximate surface area is 174 Å². The van der Waals surface area contributed by atoms with E-state index in [-0.39, 0.29) is 6.61 Å². The number of para-hydroxylation sites is 1. The van der Waals surface area contributed by atoms with E-state index in [2.05, 4.69) is 20.9 Å². The number of benzene rings is 2. The van der Waals surface area contributed by atoms with Crippen molar-refractivity contribution in [2.75, 3.05) is 14.2 Å². The largest absolute Gasteiger partial charge is 0.493 e. The number of hydrogen-bond donors (Lipinski definition) is 0. The summed E-state index contributed by atoms with van der Waals surface area (Å²) in [6, 6.07) is 10.6. The summed E-state index contributed by atoms with van der Waals surface area (Å²) in [7, 11) is 3.17. The molecular formula is C19H15BrClNO4S. The average molecular weight is 469 g/mol. The smallest absolute Gasteiger partial charge is 0.340 e. The van der Waals surface area contributed by atoms with Gasteiger partial charge >= 0.3 is 5.97 Å². The molecule has 0 spiro atoms. The van der Waals surface area contributed by atoms with Crippen molar-refractivity contribution in [3.05, 3.63) is 62.5 Å². The lowest BCUT2D eigenvalue weighted by Crippen LogP contribution is -2.06. The zero-order valence-corrected chi connectivity index (χ0v) is 17.7. The summed E-state index contributed by atoms with van der Waals surface area (Å²) in [5.74, 6) is 0.732. The van der Waals surface area contributed by atoms with E-state index in [0.29, 0.717) is 27.8 Å². The highest BCUT2D eigenvalue weighted by atomic mass is 79.9. The van der Waals surface area contributed by atoms with Crippen LogP contribution in [-0.2, 0) is 11.3 Å². The van der Waals surface area contributed by atoms with Crippen LogP contribution in [0.5, 0.6) is 11.5 Å². The van der Waals surface area contributed by atoms with E-state index in [1.807, 2.05) is 23.6 Å². The first-order valence-corrected chi connectivity index (χ1v) is 9.86. The number of halogens is 2. The van der Waals surface area contributed by atoms with Gasteiger partial charge in [-0.15, -0.1) is 11.3 Å². The SMILES string of the molecule is COc1cccc(-c2nc(COC(=O)c3cc(Br)ccc3Cl)cs2)c1OC. The molecule has 2 aromatic carbocycles. The maximum Gasteiger partial charge on any atom is 0.340 e. The number of aromatic nitrogens is 1. The first-order chi connectivity index (χ1) is 13.0. The molecule has 140 valence electrons. The summed E-state index contributed by atoms with van der Waals surface area (Å²) >= 11 is 10.8. The molecule has 0 amide bonds. The maximum atomic E-state index is 12.3. The van der Waals surface area contributed by atoms with Crippen molar-refractivity contribution in [1.29, 1.82) is 0 Å². The summed E-state index contributed by atoms with van der Waals surface area (Å²) in [6.45, 7) is 0.0461. The molecule has 0 atom stereocenters. The highest BCUT2D eigenvalue weighted by molar-refractivity contribution is 9.10. The molecule has 1 aromatic heterocycles. The third kappa shape index (κ3) is 4.43. The minimum Gasteiger partial charge on any atom is -0.493 e. The maximum absolute atomic E-state index is 12.3. The lowest BCUT2D eigenvalue weighted by Gasteiger charge is -2.10. The van der Waals surface area contributed by atoms with Crippen LogP contribution >= 0.6 is 38.9 Å². The fourth-order valence-electron chi connectivity index (χ4n) is 2.42. The minimum atomic E-state index is -0.505. The van der Waals surface area contributed by atoms with Gasteiger partial charge in [-0.05, 0) is 30.3 Å². The Balaban J connectivity index is 1.75. The van der Waals surface area contributed by atoms with Crippen LogP contribution in [0.15, 0.2) is 46.3 Å². The molecule has 0 aliphatic heterocycles. The third-order valence-electron chi connectivity index (χ3n) is 3.68. The highest BCUT2D eigenvalue weighted by Crippen LogP contribution is 2.39. The zero-order valence-electron chi connectivity index (χ0n) is 14.5. The van der Waals surface area contributed by atoms with Gasteiger partial charge in [-0.1, -0.05) is 33.6 Å². The lowest BCUT2D eigenvalue weighted by atomic mass is 10.2. The number of carbonyl (C=O) groups is 1. The molecule has 0 radical (unpaired) electrons. The molecule has 1 heterocycles. The van der Waals surface area contributed by atoms with E-state index in [4.69, 9.17) is 25.8 Å². The normalized spacial score (nSPS) is 10.5. The van der Waals surface area contributed by atoms with Gasteiger partial charge < -0.3 is 14.2 Å². The third-order valence-corrected chi connectivity index (χ3v) is 5.43. The van der Waals surface area contributed by atoms with Crippen molar-refractivity contribution in [3.8, 4) is 22.1 Å². The molecule has 3 aromatic rings. The van der Waals surface area contributed by atoms with Gasteiger partial charge in [0.05, 0.1) is 36.1 Å². The van der Waals surface area contributed by atoms with E-state index < -0.39 is 5.97 Å². The molecule has 3 rings (SSSR count). The quantitative estimate of drug-likeness (QED) is 0.441. The predicted octanol–water partition coefficient (Wildman–Crippen LogP) is 5.60. The van der Waals surface area contributed by atoms with E-state index in [0.717, 1.165) is 15.0 Å². The van der Waals surface area contributed by atoms with Crippen molar-refractivity contribution in [2.45, 2.75) is 6.61 Å². The second kappa shape index (κ2) is 8.73. The van der Waals surface area contributed by atoms with E-state index in [1.54, 1.807) is 32.4 Å². The Morgan fingerprint density at radius 3 is 2.78 bits per heavy atom. The fraction of sp³-hybridized carbons (Fsp3) is 0.158. The molecule has 8 heteroatoms. The van der Waals surface area contributed by atoms with Crippen molar-refractivity contribution in [1.82, 2.24) is 4.98 Å². The molecule has 0 aliphatic carbocycles. The van der Waals surface area contributed by atoms with E-state index in [9.17, 15) is 4.79 Å². The Morgan fingerprint density at radius 2 is 2.04 bits per heavy atom. The number of thiazole rings is 1. The monoisotopic (exact) mass is 467 g/mol. The van der Waals surface area contributed by atoms with Gasteiger partial charge in [-0.2, -0.15) is 0 Å². The molecule has 0 aliphatic rings. The zero-order chi connectivity index (χ0) is 19.4. The number of carbonyl (C=O) groups excluding carboxylic acids is 1. The van der Waals surface area contributed by atoms with Crippen molar-refractivity contribution < 1.29 is 19.0 Å². The van der Waals surface area contributed by atoms with E-state index in [1.165, 1.54) is 11.3 Å². The first-order valence-electron chi connectivity index (χ1n) is 7.81. The summed E-state index contributed by atoms with van der Waals surface area (Å²) < 4.78 is 16.9. The first kappa shape index (κ1) is 19.7. The van der Waals surface area contributed by atoms with Crippen LogP contribution in [0.3, 0.4) is 0 Å². The summed E-state index contributed by atoms with van der Waals surface area (Å²) in [6.07, 6.45) is 0. The molecule has 27 heavy (non-hydrogen) atoms. The lowest BCUT2D eigenvalue weighted by molar-refractivity contribution is 0.0468. The summed E-state index contributed by atoms with van der Waals surface area (Å²) in [5, 5.41) is 2.92. The van der Waals surface area contributed by atoms with Crippen molar-refractivity contribution in [3.63, 3.8) is 0 Å². The topological polar surface area (TPSA) is 57.7 Å². The van der Waals surface area contributed by atoms with Crippen LogP contribution in [0.25, 0.3) is 10.6 Å². The number of hydrogen-bond acceptors (Lipinski definition) is 6. The Morgan fingerprint density at radius 1 is 1.22 bits per heavy atom. The molecule has 0 bridgehead atoms. The van der Waals surface area contributed by atoms with Crippen LogP contribution in [0.4, 0.5) is 0 Å². The molecule has 0 N–H and O–H groups in total. The summed E-state index contributed by atoms with van der Waals surface area (Å²) in [4.78, 5) is 16.8. The Hall–Kier alpha value is -2.09. The van der Waals surface area contributed by atoms with Gasteiger partial charge in [0.1, 0.15) is 11.6 Å². The Kier molecular flexibility index (Phi) is 6.36. The van der Waals surface area contributed by atoms with Crippen molar-refractivity contribution in [2.24, 2.45) is 0 Å². The summed E-state index contributed by atoms with van der Waals surface area (Å²) in [5.41, 5.74) is 1.75. The standard InChI is InChI=1S/C19H15BrClNO4S/c1-24-16-5-3-4-13(17(16)25-2)18-22-12(10-27-18)9-26-19(23)14-8-11(20)6-7-15(14)21/h3-8,10H,9H2,1-2H3. The van der Waals surface area contributed by atoms with Crippen LogP contribution < -0.4 is 9.47 Å². The van der Waals surface area contributed by atoms with Gasteiger partial charge in [-0.3, -0.25) is 0 Å². The van der Waals surface area contributed by atoms with Gasteiger partial charge in [0, 0.05) is 9.85 Å². The van der Waals surface area contributed by atoms with Gasteiger partial charge in [0.25, 0.3) is 0 Å². The second-order valence-corrected chi connectivity index (χ2v) is 7.57. The molecule has 0 fully saturated rings. The number of nitrogens with zero attached hydrogens (tertiary/aromatic N) is 1. The number of methoxy groups -OCH3 is 2.